The Hall–Kier alpha value is -1.24. The topological polar surface area (TPSA) is 49.6 Å². The molecule has 2 aromatic rings. The minimum Gasteiger partial charge on any atom is -0.314 e. The van der Waals surface area contributed by atoms with Crippen molar-refractivity contribution in [3.8, 4) is 0 Å². The molecule has 1 atom stereocenters. The molecule has 96 valence electrons. The molecule has 2 aromatic heterocycles. The Labute approximate surface area is 109 Å². The van der Waals surface area contributed by atoms with E-state index in [9.17, 15) is 4.79 Å². The van der Waals surface area contributed by atoms with Gasteiger partial charge >= 0.3 is 0 Å². The Morgan fingerprint density at radius 1 is 1.61 bits per heavy atom. The van der Waals surface area contributed by atoms with Gasteiger partial charge in [0.05, 0.1) is 5.69 Å². The zero-order valence-electron chi connectivity index (χ0n) is 10.3. The maximum Gasteiger partial charge on any atom is 0.258 e. The van der Waals surface area contributed by atoms with Crippen molar-refractivity contribution >= 4 is 16.3 Å². The highest BCUT2D eigenvalue weighted by Gasteiger charge is 2.18. The number of aromatic nitrogens is 2. The molecule has 0 amide bonds. The van der Waals surface area contributed by atoms with E-state index in [0.717, 1.165) is 36.8 Å². The summed E-state index contributed by atoms with van der Waals surface area (Å²) in [6.07, 6.45) is 1.77. The number of thiazole rings is 1. The molecule has 1 aliphatic heterocycles. The molecule has 0 radical (unpaired) electrons. The third-order valence-corrected chi connectivity index (χ3v) is 4.12. The second-order valence-corrected chi connectivity index (χ2v) is 5.54. The lowest BCUT2D eigenvalue weighted by Crippen LogP contribution is -2.49. The zero-order chi connectivity index (χ0) is 12.5. The van der Waals surface area contributed by atoms with E-state index in [1.165, 1.54) is 11.3 Å². The van der Waals surface area contributed by atoms with Crippen LogP contribution in [-0.4, -0.2) is 40.0 Å². The molecule has 0 spiro atoms. The molecule has 1 N–H and O–H groups in total. The van der Waals surface area contributed by atoms with Gasteiger partial charge in [-0.25, -0.2) is 4.98 Å². The number of nitrogens with one attached hydrogen (secondary N) is 1. The van der Waals surface area contributed by atoms with Crippen LogP contribution >= 0.6 is 11.3 Å². The van der Waals surface area contributed by atoms with Crippen molar-refractivity contribution in [1.82, 2.24) is 19.6 Å². The molecule has 5 nitrogen and oxygen atoms in total. The first kappa shape index (κ1) is 11.8. The van der Waals surface area contributed by atoms with Crippen LogP contribution in [0.2, 0.25) is 0 Å². The second-order valence-electron chi connectivity index (χ2n) is 4.66. The lowest BCUT2D eigenvalue weighted by atomic mass is 10.2. The van der Waals surface area contributed by atoms with Crippen molar-refractivity contribution in [2.75, 3.05) is 19.6 Å². The van der Waals surface area contributed by atoms with Crippen molar-refractivity contribution in [1.29, 1.82) is 0 Å². The summed E-state index contributed by atoms with van der Waals surface area (Å²) in [6, 6.07) is 2.14. The highest BCUT2D eigenvalue weighted by atomic mass is 32.1. The maximum absolute atomic E-state index is 11.9. The average Bonchev–Trinajstić information content (AvgIpc) is 2.81. The van der Waals surface area contributed by atoms with Crippen LogP contribution in [0.15, 0.2) is 22.4 Å². The number of fused-ring (bicyclic) bond motifs is 1. The van der Waals surface area contributed by atoms with Crippen molar-refractivity contribution < 1.29 is 0 Å². The minimum atomic E-state index is 0.0130. The van der Waals surface area contributed by atoms with Gasteiger partial charge in [0, 0.05) is 49.9 Å². The fourth-order valence-corrected chi connectivity index (χ4v) is 3.03. The van der Waals surface area contributed by atoms with Gasteiger partial charge in [0.1, 0.15) is 0 Å². The van der Waals surface area contributed by atoms with Crippen LogP contribution in [0.25, 0.3) is 4.96 Å². The Morgan fingerprint density at radius 2 is 2.50 bits per heavy atom. The van der Waals surface area contributed by atoms with E-state index in [-0.39, 0.29) is 5.56 Å². The Balaban J connectivity index is 1.87. The van der Waals surface area contributed by atoms with Gasteiger partial charge in [0.25, 0.3) is 5.56 Å². The fraction of sp³-hybridized carbons (Fsp3) is 0.500. The normalized spacial score (nSPS) is 21.5. The molecule has 1 saturated heterocycles. The first-order valence-electron chi connectivity index (χ1n) is 6.14. The quantitative estimate of drug-likeness (QED) is 0.860. The summed E-state index contributed by atoms with van der Waals surface area (Å²) in [4.78, 5) is 19.6. The van der Waals surface area contributed by atoms with E-state index in [1.54, 1.807) is 16.7 Å². The molecule has 3 rings (SSSR count). The standard InChI is InChI=1S/C12H16N4OS/c1-9-7-13-2-3-15(9)8-10-6-11(17)16-4-5-18-12(16)14-10/h4-6,9,13H,2-3,7-8H2,1H3/t9-/m1/s1. The summed E-state index contributed by atoms with van der Waals surface area (Å²) in [6.45, 7) is 5.96. The number of rotatable bonds is 2. The molecule has 18 heavy (non-hydrogen) atoms. The first-order valence-corrected chi connectivity index (χ1v) is 7.02. The predicted octanol–water partition coefficient (Wildman–Crippen LogP) is 0.550. The lowest BCUT2D eigenvalue weighted by molar-refractivity contribution is 0.164. The Bertz CT molecular complexity index is 605. The molecule has 0 bridgehead atoms. The highest BCUT2D eigenvalue weighted by Crippen LogP contribution is 2.10. The number of nitrogens with zero attached hydrogens (tertiary/aromatic N) is 3. The zero-order valence-corrected chi connectivity index (χ0v) is 11.1. The van der Waals surface area contributed by atoms with Crippen molar-refractivity contribution in [2.45, 2.75) is 19.5 Å². The molecule has 1 fully saturated rings. The van der Waals surface area contributed by atoms with Crippen LogP contribution in [-0.2, 0) is 6.54 Å². The van der Waals surface area contributed by atoms with Crippen molar-refractivity contribution in [2.24, 2.45) is 0 Å². The highest BCUT2D eigenvalue weighted by molar-refractivity contribution is 7.15. The van der Waals surface area contributed by atoms with Gasteiger partial charge in [0.15, 0.2) is 4.96 Å². The summed E-state index contributed by atoms with van der Waals surface area (Å²) in [5, 5.41) is 5.25. The Kier molecular flexibility index (Phi) is 3.15. The van der Waals surface area contributed by atoms with Gasteiger partial charge in [-0.15, -0.1) is 11.3 Å². The largest absolute Gasteiger partial charge is 0.314 e. The molecule has 0 aromatic carbocycles. The molecular formula is C12H16N4OS. The van der Waals surface area contributed by atoms with Crippen LogP contribution in [0, 0.1) is 0 Å². The molecule has 0 unspecified atom stereocenters. The van der Waals surface area contributed by atoms with E-state index < -0.39 is 0 Å². The van der Waals surface area contributed by atoms with Gasteiger partial charge in [-0.1, -0.05) is 0 Å². The van der Waals surface area contributed by atoms with Gasteiger partial charge in [0.2, 0.25) is 0 Å². The van der Waals surface area contributed by atoms with Gasteiger partial charge < -0.3 is 5.32 Å². The van der Waals surface area contributed by atoms with E-state index in [0.29, 0.717) is 6.04 Å². The van der Waals surface area contributed by atoms with Crippen LogP contribution in [0.1, 0.15) is 12.6 Å². The molecule has 3 heterocycles. The van der Waals surface area contributed by atoms with Crippen molar-refractivity contribution in [3.63, 3.8) is 0 Å². The smallest absolute Gasteiger partial charge is 0.258 e. The van der Waals surface area contributed by atoms with E-state index in [2.05, 4.69) is 22.1 Å². The summed E-state index contributed by atoms with van der Waals surface area (Å²) in [5.74, 6) is 0. The Morgan fingerprint density at radius 3 is 3.33 bits per heavy atom. The number of hydrogen-bond acceptors (Lipinski definition) is 5. The summed E-state index contributed by atoms with van der Waals surface area (Å²) >= 11 is 1.50. The maximum atomic E-state index is 11.9. The number of hydrogen-bond donors (Lipinski definition) is 1. The van der Waals surface area contributed by atoms with Crippen molar-refractivity contribution in [3.05, 3.63) is 33.7 Å². The molecule has 0 aliphatic carbocycles. The van der Waals surface area contributed by atoms with E-state index >= 15 is 0 Å². The summed E-state index contributed by atoms with van der Waals surface area (Å²) in [7, 11) is 0. The SMILES string of the molecule is C[C@@H]1CNCCN1Cc1cc(=O)n2ccsc2n1. The predicted molar refractivity (Wildman–Crippen MR) is 72.1 cm³/mol. The monoisotopic (exact) mass is 264 g/mol. The van der Waals surface area contributed by atoms with Gasteiger partial charge in [-0.05, 0) is 6.92 Å². The molecular weight excluding hydrogens is 248 g/mol. The van der Waals surface area contributed by atoms with Gasteiger partial charge in [-0.2, -0.15) is 0 Å². The van der Waals surface area contributed by atoms with E-state index in [4.69, 9.17) is 0 Å². The molecule has 1 aliphatic rings. The average molecular weight is 264 g/mol. The number of piperazine rings is 1. The minimum absolute atomic E-state index is 0.0130. The van der Waals surface area contributed by atoms with Crippen LogP contribution < -0.4 is 10.9 Å². The van der Waals surface area contributed by atoms with Crippen LogP contribution in [0.4, 0.5) is 0 Å². The van der Waals surface area contributed by atoms with Crippen LogP contribution in [0.5, 0.6) is 0 Å². The molecule has 0 saturated carbocycles. The lowest BCUT2D eigenvalue weighted by Gasteiger charge is -2.33. The van der Waals surface area contributed by atoms with Gasteiger partial charge in [-0.3, -0.25) is 14.1 Å². The third kappa shape index (κ3) is 2.19. The third-order valence-electron chi connectivity index (χ3n) is 3.36. The molecule has 6 heteroatoms. The van der Waals surface area contributed by atoms with E-state index in [1.807, 2.05) is 5.38 Å². The fourth-order valence-electron chi connectivity index (χ4n) is 2.29. The summed E-state index contributed by atoms with van der Waals surface area (Å²) < 4.78 is 1.59. The summed E-state index contributed by atoms with van der Waals surface area (Å²) in [5.41, 5.74) is 0.884. The first-order chi connectivity index (χ1) is 8.74. The second kappa shape index (κ2) is 4.79. The van der Waals surface area contributed by atoms with Crippen LogP contribution in [0.3, 0.4) is 0 Å².